The number of aliphatic hydroxyl groups excluding tert-OH is 2. The van der Waals surface area contributed by atoms with Crippen LogP contribution in [0.25, 0.3) is 0 Å². The molecule has 54 valence electrons. The standard InChI is InChI=1S/C7H14O2/c1-5-2-3-6(8)7(9)4-5/h5-9H,2-4H2,1H3. The highest BCUT2D eigenvalue weighted by atomic mass is 16.3. The summed E-state index contributed by atoms with van der Waals surface area (Å²) in [7, 11) is 0. The van der Waals surface area contributed by atoms with Gasteiger partial charge in [0.2, 0.25) is 0 Å². The van der Waals surface area contributed by atoms with E-state index >= 15 is 0 Å². The van der Waals surface area contributed by atoms with Gasteiger partial charge < -0.3 is 10.2 Å². The molecule has 1 aliphatic carbocycles. The highest BCUT2D eigenvalue weighted by molar-refractivity contribution is 4.76. The van der Waals surface area contributed by atoms with Crippen LogP contribution in [0.1, 0.15) is 26.2 Å². The van der Waals surface area contributed by atoms with Gasteiger partial charge in [-0.25, -0.2) is 0 Å². The van der Waals surface area contributed by atoms with Gasteiger partial charge in [-0.2, -0.15) is 0 Å². The third kappa shape index (κ3) is 1.66. The van der Waals surface area contributed by atoms with Crippen LogP contribution in [-0.4, -0.2) is 22.4 Å². The fraction of sp³-hybridized carbons (Fsp3) is 1.00. The Bertz CT molecular complexity index is 92.9. The van der Waals surface area contributed by atoms with E-state index in [1.807, 2.05) is 0 Å². The summed E-state index contributed by atoms with van der Waals surface area (Å²) < 4.78 is 0. The van der Waals surface area contributed by atoms with Gasteiger partial charge in [0.1, 0.15) is 0 Å². The number of rotatable bonds is 0. The van der Waals surface area contributed by atoms with Crippen molar-refractivity contribution in [3.05, 3.63) is 0 Å². The zero-order valence-electron chi connectivity index (χ0n) is 5.75. The van der Waals surface area contributed by atoms with Gasteiger partial charge >= 0.3 is 0 Å². The van der Waals surface area contributed by atoms with E-state index in [-0.39, 0.29) is 0 Å². The van der Waals surface area contributed by atoms with Crippen LogP contribution >= 0.6 is 0 Å². The molecular formula is C7H14O2. The third-order valence-corrected chi connectivity index (χ3v) is 2.04. The summed E-state index contributed by atoms with van der Waals surface area (Å²) in [4.78, 5) is 0. The van der Waals surface area contributed by atoms with Gasteiger partial charge in [-0.1, -0.05) is 6.92 Å². The first-order chi connectivity index (χ1) is 4.20. The molecule has 2 nitrogen and oxygen atoms in total. The summed E-state index contributed by atoms with van der Waals surface area (Å²) in [6, 6.07) is 0. The minimum Gasteiger partial charge on any atom is -0.390 e. The van der Waals surface area contributed by atoms with Gasteiger partial charge in [-0.05, 0) is 25.2 Å². The van der Waals surface area contributed by atoms with Crippen LogP contribution in [0.4, 0.5) is 0 Å². The van der Waals surface area contributed by atoms with Crippen LogP contribution < -0.4 is 0 Å². The lowest BCUT2D eigenvalue weighted by Crippen LogP contribution is -2.32. The Labute approximate surface area is 55.5 Å². The predicted octanol–water partition coefficient (Wildman–Crippen LogP) is 0.528. The Kier molecular flexibility index (Phi) is 2.09. The lowest BCUT2D eigenvalue weighted by atomic mass is 9.87. The van der Waals surface area contributed by atoms with Gasteiger partial charge in [0.25, 0.3) is 0 Å². The summed E-state index contributed by atoms with van der Waals surface area (Å²) >= 11 is 0. The second kappa shape index (κ2) is 2.67. The van der Waals surface area contributed by atoms with E-state index in [0.29, 0.717) is 5.92 Å². The average molecular weight is 130 g/mol. The summed E-state index contributed by atoms with van der Waals surface area (Å²) in [6.45, 7) is 2.11. The second-order valence-electron chi connectivity index (χ2n) is 3.05. The molecule has 3 atom stereocenters. The maximum absolute atomic E-state index is 9.10. The molecule has 0 aliphatic heterocycles. The third-order valence-electron chi connectivity index (χ3n) is 2.04. The number of aliphatic hydroxyl groups is 2. The maximum atomic E-state index is 9.10. The molecule has 0 amide bonds. The van der Waals surface area contributed by atoms with Crippen LogP contribution in [-0.2, 0) is 0 Å². The highest BCUT2D eigenvalue weighted by Crippen LogP contribution is 2.23. The highest BCUT2D eigenvalue weighted by Gasteiger charge is 2.24. The molecule has 0 saturated heterocycles. The Morgan fingerprint density at radius 1 is 1.11 bits per heavy atom. The van der Waals surface area contributed by atoms with Crippen molar-refractivity contribution in [2.75, 3.05) is 0 Å². The molecule has 1 rings (SSSR count). The van der Waals surface area contributed by atoms with Crippen molar-refractivity contribution in [1.29, 1.82) is 0 Å². The van der Waals surface area contributed by atoms with E-state index in [4.69, 9.17) is 10.2 Å². The van der Waals surface area contributed by atoms with E-state index in [0.717, 1.165) is 19.3 Å². The van der Waals surface area contributed by atoms with Gasteiger partial charge in [0.15, 0.2) is 0 Å². The van der Waals surface area contributed by atoms with Crippen molar-refractivity contribution in [2.45, 2.75) is 38.4 Å². The molecule has 0 aromatic carbocycles. The smallest absolute Gasteiger partial charge is 0.0801 e. The summed E-state index contributed by atoms with van der Waals surface area (Å²) in [5.74, 6) is 0.586. The van der Waals surface area contributed by atoms with Crippen molar-refractivity contribution in [3.8, 4) is 0 Å². The quantitative estimate of drug-likeness (QED) is 0.502. The molecule has 0 aromatic heterocycles. The van der Waals surface area contributed by atoms with Crippen LogP contribution in [0.2, 0.25) is 0 Å². The zero-order valence-corrected chi connectivity index (χ0v) is 5.75. The van der Waals surface area contributed by atoms with Crippen LogP contribution in [0.5, 0.6) is 0 Å². The summed E-state index contributed by atoms with van der Waals surface area (Å²) in [5.41, 5.74) is 0. The monoisotopic (exact) mass is 130 g/mol. The zero-order chi connectivity index (χ0) is 6.85. The normalized spacial score (nSPS) is 45.0. The van der Waals surface area contributed by atoms with Gasteiger partial charge in [0.05, 0.1) is 12.2 Å². The average Bonchev–Trinajstić information content (AvgIpc) is 1.80. The topological polar surface area (TPSA) is 40.5 Å². The van der Waals surface area contributed by atoms with E-state index < -0.39 is 12.2 Å². The SMILES string of the molecule is CC1CCC(O)C(O)C1. The molecule has 0 aromatic rings. The van der Waals surface area contributed by atoms with Crippen molar-refractivity contribution in [2.24, 2.45) is 5.92 Å². The Hall–Kier alpha value is -0.0800. The molecule has 0 radical (unpaired) electrons. The van der Waals surface area contributed by atoms with Crippen molar-refractivity contribution < 1.29 is 10.2 Å². The molecule has 1 saturated carbocycles. The number of hydrogen-bond donors (Lipinski definition) is 2. The molecule has 0 spiro atoms. The molecule has 9 heavy (non-hydrogen) atoms. The largest absolute Gasteiger partial charge is 0.390 e. The molecule has 2 N–H and O–H groups in total. The molecule has 2 heteroatoms. The Morgan fingerprint density at radius 3 is 2.22 bits per heavy atom. The lowest BCUT2D eigenvalue weighted by molar-refractivity contribution is -0.0226. The van der Waals surface area contributed by atoms with E-state index in [2.05, 4.69) is 6.92 Å². The first-order valence-corrected chi connectivity index (χ1v) is 3.56. The fourth-order valence-corrected chi connectivity index (χ4v) is 1.33. The van der Waals surface area contributed by atoms with Crippen molar-refractivity contribution in [1.82, 2.24) is 0 Å². The minimum atomic E-state index is -0.464. The van der Waals surface area contributed by atoms with Crippen LogP contribution in [0.15, 0.2) is 0 Å². The first kappa shape index (κ1) is 7.03. The first-order valence-electron chi connectivity index (χ1n) is 3.56. The molecule has 0 heterocycles. The summed E-state index contributed by atoms with van der Waals surface area (Å²) in [5, 5.41) is 18.1. The van der Waals surface area contributed by atoms with Gasteiger partial charge in [-0.15, -0.1) is 0 Å². The molecule has 1 fully saturated rings. The van der Waals surface area contributed by atoms with E-state index in [9.17, 15) is 0 Å². The Balaban J connectivity index is 2.35. The molecular weight excluding hydrogens is 116 g/mol. The fourth-order valence-electron chi connectivity index (χ4n) is 1.33. The Morgan fingerprint density at radius 2 is 1.78 bits per heavy atom. The maximum Gasteiger partial charge on any atom is 0.0801 e. The van der Waals surface area contributed by atoms with E-state index in [1.54, 1.807) is 0 Å². The van der Waals surface area contributed by atoms with Crippen LogP contribution in [0.3, 0.4) is 0 Å². The second-order valence-corrected chi connectivity index (χ2v) is 3.05. The lowest BCUT2D eigenvalue weighted by Gasteiger charge is -2.27. The molecule has 0 bridgehead atoms. The van der Waals surface area contributed by atoms with Crippen LogP contribution in [0, 0.1) is 5.92 Å². The van der Waals surface area contributed by atoms with Gasteiger partial charge in [0, 0.05) is 0 Å². The summed E-state index contributed by atoms with van der Waals surface area (Å²) in [6.07, 6.45) is 1.66. The predicted molar refractivity (Wildman–Crippen MR) is 35.0 cm³/mol. The van der Waals surface area contributed by atoms with Crippen molar-refractivity contribution >= 4 is 0 Å². The molecule has 3 unspecified atom stereocenters. The van der Waals surface area contributed by atoms with Crippen molar-refractivity contribution in [3.63, 3.8) is 0 Å². The van der Waals surface area contributed by atoms with E-state index in [1.165, 1.54) is 0 Å². The van der Waals surface area contributed by atoms with Gasteiger partial charge in [-0.3, -0.25) is 0 Å². The molecule has 1 aliphatic rings. The number of hydrogen-bond acceptors (Lipinski definition) is 2. The minimum absolute atomic E-state index is 0.457.